The maximum Gasteiger partial charge on any atom is 0.410 e. The number of anilines is 2. The van der Waals surface area contributed by atoms with Gasteiger partial charge in [-0.2, -0.15) is 5.26 Å². The molecule has 2 aromatic rings. The van der Waals surface area contributed by atoms with Crippen LogP contribution in [0.3, 0.4) is 0 Å². The molecule has 1 N–H and O–H groups in total. The lowest BCUT2D eigenvalue weighted by molar-refractivity contribution is -0.198. The largest absolute Gasteiger partial charge is 0.489 e. The zero-order valence-corrected chi connectivity index (χ0v) is 25.1. The molecule has 2 aromatic carbocycles. The van der Waals surface area contributed by atoms with Crippen molar-refractivity contribution in [2.45, 2.75) is 60.2 Å². The van der Waals surface area contributed by atoms with Gasteiger partial charge in [-0.25, -0.2) is 4.79 Å². The topological polar surface area (TPSA) is 94.9 Å². The maximum absolute atomic E-state index is 13.5. The molecular formula is C31H39ClN4O4. The number of carbonyl (C=O) groups excluding carboxylic acids is 2. The molecule has 8 nitrogen and oxygen atoms in total. The molecule has 2 fully saturated rings. The lowest BCUT2D eigenvalue weighted by Gasteiger charge is -2.62. The number of amides is 2. The molecule has 1 aliphatic carbocycles. The fraction of sp³-hybridized carbons (Fsp3) is 0.516. The Bertz CT molecular complexity index is 1290. The third kappa shape index (κ3) is 6.00. The van der Waals surface area contributed by atoms with Gasteiger partial charge in [-0.05, 0) is 57.2 Å². The van der Waals surface area contributed by atoms with Crippen LogP contribution in [0.15, 0.2) is 42.5 Å². The van der Waals surface area contributed by atoms with Crippen molar-refractivity contribution in [3.8, 4) is 11.8 Å². The van der Waals surface area contributed by atoms with Gasteiger partial charge in [0.15, 0.2) is 0 Å². The second-order valence-corrected chi connectivity index (χ2v) is 13.2. The van der Waals surface area contributed by atoms with Crippen molar-refractivity contribution in [3.63, 3.8) is 0 Å². The summed E-state index contributed by atoms with van der Waals surface area (Å²) < 4.78 is 11.8. The fourth-order valence-electron chi connectivity index (χ4n) is 6.34. The van der Waals surface area contributed by atoms with Crippen molar-refractivity contribution >= 4 is 35.0 Å². The molecule has 40 heavy (non-hydrogen) atoms. The van der Waals surface area contributed by atoms with Gasteiger partial charge in [0, 0.05) is 54.5 Å². The molecule has 0 radical (unpaired) electrons. The Labute approximate surface area is 242 Å². The normalized spacial score (nSPS) is 21.6. The van der Waals surface area contributed by atoms with Crippen LogP contribution in [0.25, 0.3) is 0 Å². The number of hydrogen-bond donors (Lipinski definition) is 1. The molecule has 0 aromatic heterocycles. The number of ether oxygens (including phenoxy) is 2. The van der Waals surface area contributed by atoms with E-state index in [1.807, 2.05) is 72.7 Å². The highest BCUT2D eigenvalue weighted by Crippen LogP contribution is 2.60. The summed E-state index contributed by atoms with van der Waals surface area (Å²) in [5, 5.41) is 12.6. The zero-order chi connectivity index (χ0) is 29.5. The molecule has 2 aliphatic rings. The van der Waals surface area contributed by atoms with Gasteiger partial charge in [0.2, 0.25) is 5.91 Å². The first-order valence-electron chi connectivity index (χ1n) is 13.6. The van der Waals surface area contributed by atoms with Crippen molar-refractivity contribution < 1.29 is 19.1 Å². The van der Waals surface area contributed by atoms with Gasteiger partial charge in [0.25, 0.3) is 0 Å². The number of piperazine rings is 1. The Hall–Kier alpha value is -3.44. The molecule has 4 rings (SSSR count). The van der Waals surface area contributed by atoms with Gasteiger partial charge in [0.05, 0.1) is 16.5 Å². The van der Waals surface area contributed by atoms with Gasteiger partial charge in [0.1, 0.15) is 23.5 Å². The third-order valence-electron chi connectivity index (χ3n) is 7.85. The maximum atomic E-state index is 13.5. The van der Waals surface area contributed by atoms with E-state index in [9.17, 15) is 9.59 Å². The van der Waals surface area contributed by atoms with Gasteiger partial charge < -0.3 is 24.6 Å². The average molecular weight is 567 g/mol. The van der Waals surface area contributed by atoms with Crippen LogP contribution in [0.5, 0.6) is 5.75 Å². The number of nitrogens with zero attached hydrogens (tertiary/aromatic N) is 3. The minimum atomic E-state index is -0.508. The number of rotatable bonds is 5. The zero-order valence-electron chi connectivity index (χ0n) is 24.4. The number of benzene rings is 2. The van der Waals surface area contributed by atoms with E-state index in [2.05, 4.69) is 16.3 Å². The number of nitrogens with one attached hydrogen (secondary N) is 1. The lowest BCUT2D eigenvalue weighted by atomic mass is 9.45. The molecular weight excluding hydrogens is 528 g/mol. The van der Waals surface area contributed by atoms with E-state index in [4.69, 9.17) is 26.3 Å². The van der Waals surface area contributed by atoms with Crippen LogP contribution in [0, 0.1) is 28.1 Å². The predicted octanol–water partition coefficient (Wildman–Crippen LogP) is 6.34. The lowest BCUT2D eigenvalue weighted by Crippen LogP contribution is -2.69. The molecule has 0 unspecified atom stereocenters. The predicted molar refractivity (Wildman–Crippen MR) is 157 cm³/mol. The van der Waals surface area contributed by atoms with Crippen LogP contribution in [0.2, 0.25) is 5.02 Å². The minimum Gasteiger partial charge on any atom is -0.489 e. The Morgan fingerprint density at radius 3 is 2.12 bits per heavy atom. The Morgan fingerprint density at radius 1 is 1.00 bits per heavy atom. The van der Waals surface area contributed by atoms with Crippen LogP contribution in [-0.4, -0.2) is 54.8 Å². The summed E-state index contributed by atoms with van der Waals surface area (Å²) >= 11 is 6.20. The highest BCUT2D eigenvalue weighted by molar-refractivity contribution is 6.31. The smallest absolute Gasteiger partial charge is 0.410 e. The van der Waals surface area contributed by atoms with Gasteiger partial charge >= 0.3 is 6.09 Å². The van der Waals surface area contributed by atoms with Crippen molar-refractivity contribution in [2.24, 2.45) is 16.7 Å². The van der Waals surface area contributed by atoms with Crippen LogP contribution in [0.4, 0.5) is 16.2 Å². The van der Waals surface area contributed by atoms with E-state index in [0.29, 0.717) is 42.5 Å². The number of carbonyl (C=O) groups is 2. The summed E-state index contributed by atoms with van der Waals surface area (Å²) in [4.78, 5) is 29.8. The molecule has 2 amide bonds. The van der Waals surface area contributed by atoms with E-state index in [0.717, 1.165) is 11.4 Å². The standard InChI is InChI=1S/C31H39ClN4O4/c1-29(2,3)40-28(38)36-16-14-35(15-17-36)22-11-9-21(10-12-22)34-26(37)25-30(4,5)27(31(25,6)7)39-23-13-8-20(19-33)24(32)18-23/h8-13,18,25,27H,14-17H2,1-7H3,(H,34,37)/t25-,27-. The van der Waals surface area contributed by atoms with E-state index >= 15 is 0 Å². The summed E-state index contributed by atoms with van der Waals surface area (Å²) in [5.41, 5.74) is 0.804. The van der Waals surface area contributed by atoms with Gasteiger partial charge in [-0.15, -0.1) is 0 Å². The molecule has 0 atom stereocenters. The van der Waals surface area contributed by atoms with E-state index in [1.165, 1.54) is 0 Å². The summed E-state index contributed by atoms with van der Waals surface area (Å²) in [7, 11) is 0. The van der Waals surface area contributed by atoms with Gasteiger partial charge in [-0.3, -0.25) is 4.79 Å². The Morgan fingerprint density at radius 2 is 1.60 bits per heavy atom. The molecule has 0 spiro atoms. The highest BCUT2D eigenvalue weighted by Gasteiger charge is 2.66. The molecule has 1 saturated heterocycles. The summed E-state index contributed by atoms with van der Waals surface area (Å²) in [5.74, 6) is 0.252. The molecule has 1 heterocycles. The Balaban J connectivity index is 1.35. The second kappa shape index (κ2) is 10.9. The SMILES string of the molecule is CC(C)(C)OC(=O)N1CCN(c2ccc(NC(=O)[C@H]3C(C)(C)[C@H](Oc4ccc(C#N)c(Cl)c4)C3(C)C)cc2)CC1. The number of nitriles is 1. The molecule has 1 saturated carbocycles. The summed E-state index contributed by atoms with van der Waals surface area (Å²) in [6.45, 7) is 16.4. The fourth-order valence-corrected chi connectivity index (χ4v) is 6.56. The Kier molecular flexibility index (Phi) is 8.01. The second-order valence-electron chi connectivity index (χ2n) is 12.8. The van der Waals surface area contributed by atoms with Crippen LogP contribution >= 0.6 is 11.6 Å². The quantitative estimate of drug-likeness (QED) is 0.454. The summed E-state index contributed by atoms with van der Waals surface area (Å²) in [6, 6.07) is 14.9. The minimum absolute atomic E-state index is 0.0496. The van der Waals surface area contributed by atoms with E-state index < -0.39 is 16.4 Å². The number of hydrogen-bond acceptors (Lipinski definition) is 6. The van der Waals surface area contributed by atoms with E-state index in [-0.39, 0.29) is 24.0 Å². The van der Waals surface area contributed by atoms with Gasteiger partial charge in [-0.1, -0.05) is 39.3 Å². The number of halogens is 1. The van der Waals surface area contributed by atoms with Crippen LogP contribution in [0.1, 0.15) is 54.0 Å². The first-order valence-corrected chi connectivity index (χ1v) is 14.0. The van der Waals surface area contributed by atoms with Crippen LogP contribution < -0.4 is 15.0 Å². The molecule has 9 heteroatoms. The monoisotopic (exact) mass is 566 g/mol. The highest BCUT2D eigenvalue weighted by atomic mass is 35.5. The van der Waals surface area contributed by atoms with Crippen molar-refractivity contribution in [2.75, 3.05) is 36.4 Å². The summed E-state index contributed by atoms with van der Waals surface area (Å²) in [6.07, 6.45) is -0.498. The average Bonchev–Trinajstić information content (AvgIpc) is 2.86. The third-order valence-corrected chi connectivity index (χ3v) is 8.16. The molecule has 0 bridgehead atoms. The molecule has 1 aliphatic heterocycles. The molecule has 214 valence electrons. The van der Waals surface area contributed by atoms with Crippen molar-refractivity contribution in [1.82, 2.24) is 4.90 Å². The van der Waals surface area contributed by atoms with Crippen molar-refractivity contribution in [3.05, 3.63) is 53.1 Å². The first-order chi connectivity index (χ1) is 18.6. The van der Waals surface area contributed by atoms with E-state index in [1.54, 1.807) is 23.1 Å². The van der Waals surface area contributed by atoms with Crippen LogP contribution in [-0.2, 0) is 9.53 Å². The van der Waals surface area contributed by atoms with Crippen molar-refractivity contribution in [1.29, 1.82) is 5.26 Å². The first kappa shape index (κ1) is 29.5.